The van der Waals surface area contributed by atoms with Gasteiger partial charge in [-0.2, -0.15) is 0 Å². The fourth-order valence-corrected chi connectivity index (χ4v) is 1.76. The standard InChI is InChI=1S/C14H21BrN2O3/c1-11(14(18)17-7-9-19-2)16-8-10-20-13-5-3-12(15)4-6-13/h3-6,11,16H,7-10H2,1-2H3,(H,17,18). The van der Waals surface area contributed by atoms with Crippen LogP contribution in [0.1, 0.15) is 6.92 Å². The number of carbonyl (C=O) groups excluding carboxylic acids is 1. The van der Waals surface area contributed by atoms with Crippen molar-refractivity contribution in [3.05, 3.63) is 28.7 Å². The van der Waals surface area contributed by atoms with Crippen molar-refractivity contribution >= 4 is 21.8 Å². The third-order valence-electron chi connectivity index (χ3n) is 2.63. The molecule has 1 aromatic carbocycles. The molecule has 1 aromatic rings. The van der Waals surface area contributed by atoms with Crippen molar-refractivity contribution in [1.29, 1.82) is 0 Å². The molecule has 0 fully saturated rings. The minimum absolute atomic E-state index is 0.0364. The van der Waals surface area contributed by atoms with Gasteiger partial charge in [0, 0.05) is 24.7 Å². The smallest absolute Gasteiger partial charge is 0.236 e. The van der Waals surface area contributed by atoms with Gasteiger partial charge in [-0.1, -0.05) is 15.9 Å². The molecule has 0 saturated carbocycles. The second-order valence-corrected chi connectivity index (χ2v) is 5.18. The van der Waals surface area contributed by atoms with Gasteiger partial charge < -0.3 is 20.1 Å². The molecule has 0 spiro atoms. The summed E-state index contributed by atoms with van der Waals surface area (Å²) >= 11 is 3.37. The third-order valence-corrected chi connectivity index (χ3v) is 3.16. The topological polar surface area (TPSA) is 59.6 Å². The first kappa shape index (κ1) is 16.9. The van der Waals surface area contributed by atoms with E-state index >= 15 is 0 Å². The van der Waals surface area contributed by atoms with Crippen LogP contribution in [0.4, 0.5) is 0 Å². The monoisotopic (exact) mass is 344 g/mol. The molecule has 0 radical (unpaired) electrons. The molecule has 1 rings (SSSR count). The van der Waals surface area contributed by atoms with E-state index in [1.54, 1.807) is 7.11 Å². The molecule has 1 amide bonds. The minimum Gasteiger partial charge on any atom is -0.492 e. The highest BCUT2D eigenvalue weighted by molar-refractivity contribution is 9.10. The lowest BCUT2D eigenvalue weighted by Gasteiger charge is -2.14. The Labute approximate surface area is 128 Å². The van der Waals surface area contributed by atoms with E-state index in [0.29, 0.717) is 26.3 Å². The van der Waals surface area contributed by atoms with Crippen molar-refractivity contribution in [3.63, 3.8) is 0 Å². The fourth-order valence-electron chi connectivity index (χ4n) is 1.50. The summed E-state index contributed by atoms with van der Waals surface area (Å²) in [6.45, 7) is 3.98. The minimum atomic E-state index is -0.250. The number of carbonyl (C=O) groups is 1. The summed E-state index contributed by atoms with van der Waals surface area (Å²) in [7, 11) is 1.60. The van der Waals surface area contributed by atoms with Crippen LogP contribution in [0.5, 0.6) is 5.75 Å². The number of rotatable bonds is 9. The van der Waals surface area contributed by atoms with E-state index in [-0.39, 0.29) is 11.9 Å². The highest BCUT2D eigenvalue weighted by Crippen LogP contribution is 2.15. The Morgan fingerprint density at radius 3 is 2.60 bits per heavy atom. The second-order valence-electron chi connectivity index (χ2n) is 4.26. The molecular formula is C14H21BrN2O3. The number of benzene rings is 1. The van der Waals surface area contributed by atoms with E-state index in [0.717, 1.165) is 10.2 Å². The zero-order chi connectivity index (χ0) is 14.8. The molecule has 0 saturated heterocycles. The van der Waals surface area contributed by atoms with Gasteiger partial charge in [0.2, 0.25) is 5.91 Å². The van der Waals surface area contributed by atoms with E-state index in [1.165, 1.54) is 0 Å². The summed E-state index contributed by atoms with van der Waals surface area (Å²) < 4.78 is 11.4. The van der Waals surface area contributed by atoms with Crippen LogP contribution in [0.3, 0.4) is 0 Å². The van der Waals surface area contributed by atoms with Crippen molar-refractivity contribution in [3.8, 4) is 5.75 Å². The van der Waals surface area contributed by atoms with Crippen molar-refractivity contribution in [2.24, 2.45) is 0 Å². The zero-order valence-corrected chi connectivity index (χ0v) is 13.4. The number of nitrogens with one attached hydrogen (secondary N) is 2. The maximum absolute atomic E-state index is 11.6. The van der Waals surface area contributed by atoms with Crippen LogP contribution in [0, 0.1) is 0 Å². The first-order chi connectivity index (χ1) is 9.63. The van der Waals surface area contributed by atoms with Gasteiger partial charge in [-0.3, -0.25) is 4.79 Å². The summed E-state index contributed by atoms with van der Waals surface area (Å²) in [5.41, 5.74) is 0. The molecular weight excluding hydrogens is 324 g/mol. The van der Waals surface area contributed by atoms with Gasteiger partial charge in [-0.05, 0) is 31.2 Å². The molecule has 6 heteroatoms. The lowest BCUT2D eigenvalue weighted by Crippen LogP contribution is -2.44. The van der Waals surface area contributed by atoms with Gasteiger partial charge in [-0.15, -0.1) is 0 Å². The summed E-state index contributed by atoms with van der Waals surface area (Å²) in [5.74, 6) is 0.776. The van der Waals surface area contributed by atoms with Crippen molar-refractivity contribution in [1.82, 2.24) is 10.6 Å². The van der Waals surface area contributed by atoms with E-state index in [9.17, 15) is 4.79 Å². The van der Waals surface area contributed by atoms with Gasteiger partial charge in [0.25, 0.3) is 0 Å². The highest BCUT2D eigenvalue weighted by Gasteiger charge is 2.10. The molecule has 1 atom stereocenters. The Bertz CT molecular complexity index is 398. The molecule has 0 aromatic heterocycles. The van der Waals surface area contributed by atoms with Gasteiger partial charge in [0.05, 0.1) is 12.6 Å². The Balaban J connectivity index is 2.13. The molecule has 1 unspecified atom stereocenters. The van der Waals surface area contributed by atoms with Gasteiger partial charge in [0.15, 0.2) is 0 Å². The summed E-state index contributed by atoms with van der Waals surface area (Å²) in [6, 6.07) is 7.39. The van der Waals surface area contributed by atoms with Crippen LogP contribution in [-0.4, -0.2) is 45.4 Å². The average Bonchev–Trinajstić information content (AvgIpc) is 2.45. The first-order valence-corrected chi connectivity index (χ1v) is 7.31. The summed E-state index contributed by atoms with van der Waals surface area (Å²) in [4.78, 5) is 11.6. The molecule has 112 valence electrons. The molecule has 0 bridgehead atoms. The van der Waals surface area contributed by atoms with E-state index < -0.39 is 0 Å². The normalized spacial score (nSPS) is 11.9. The molecule has 20 heavy (non-hydrogen) atoms. The number of halogens is 1. The molecule has 0 aliphatic heterocycles. The van der Waals surface area contributed by atoms with Gasteiger partial charge in [0.1, 0.15) is 12.4 Å². The lowest BCUT2D eigenvalue weighted by molar-refractivity contribution is -0.122. The molecule has 0 aliphatic carbocycles. The van der Waals surface area contributed by atoms with Crippen LogP contribution >= 0.6 is 15.9 Å². The second kappa shape index (κ2) is 9.74. The number of methoxy groups -OCH3 is 1. The van der Waals surface area contributed by atoms with Crippen LogP contribution < -0.4 is 15.4 Å². The summed E-state index contributed by atoms with van der Waals surface area (Å²) in [5, 5.41) is 5.88. The predicted octanol–water partition coefficient (Wildman–Crippen LogP) is 1.57. The Morgan fingerprint density at radius 1 is 1.25 bits per heavy atom. The summed E-state index contributed by atoms with van der Waals surface area (Å²) in [6.07, 6.45) is 0. The van der Waals surface area contributed by atoms with Crippen LogP contribution in [0.25, 0.3) is 0 Å². The number of ether oxygens (including phenoxy) is 2. The van der Waals surface area contributed by atoms with Gasteiger partial charge >= 0.3 is 0 Å². The Morgan fingerprint density at radius 2 is 1.95 bits per heavy atom. The van der Waals surface area contributed by atoms with Crippen molar-refractivity contribution in [2.45, 2.75) is 13.0 Å². The Kier molecular flexibility index (Phi) is 8.25. The van der Waals surface area contributed by atoms with Gasteiger partial charge in [-0.25, -0.2) is 0 Å². The van der Waals surface area contributed by atoms with Crippen LogP contribution in [0.15, 0.2) is 28.7 Å². The average molecular weight is 345 g/mol. The lowest BCUT2D eigenvalue weighted by atomic mass is 10.3. The first-order valence-electron chi connectivity index (χ1n) is 6.52. The molecule has 5 nitrogen and oxygen atoms in total. The maximum atomic E-state index is 11.6. The van der Waals surface area contributed by atoms with Crippen molar-refractivity contribution in [2.75, 3.05) is 33.4 Å². The predicted molar refractivity (Wildman–Crippen MR) is 82.0 cm³/mol. The SMILES string of the molecule is COCCNC(=O)C(C)NCCOc1ccc(Br)cc1. The number of hydrogen-bond donors (Lipinski definition) is 2. The van der Waals surface area contributed by atoms with Crippen LogP contribution in [0.2, 0.25) is 0 Å². The maximum Gasteiger partial charge on any atom is 0.236 e. The quantitative estimate of drug-likeness (QED) is 0.667. The van der Waals surface area contributed by atoms with E-state index in [2.05, 4.69) is 26.6 Å². The fraction of sp³-hybridized carbons (Fsp3) is 0.500. The molecule has 0 heterocycles. The zero-order valence-electron chi connectivity index (χ0n) is 11.8. The molecule has 2 N–H and O–H groups in total. The largest absolute Gasteiger partial charge is 0.492 e. The van der Waals surface area contributed by atoms with E-state index in [4.69, 9.17) is 9.47 Å². The van der Waals surface area contributed by atoms with Crippen molar-refractivity contribution < 1.29 is 14.3 Å². The third kappa shape index (κ3) is 6.88. The highest BCUT2D eigenvalue weighted by atomic mass is 79.9. The van der Waals surface area contributed by atoms with E-state index in [1.807, 2.05) is 31.2 Å². The molecule has 0 aliphatic rings. The number of amides is 1. The number of hydrogen-bond acceptors (Lipinski definition) is 4. The Hall–Kier alpha value is -1.11. The van der Waals surface area contributed by atoms with Crippen LogP contribution in [-0.2, 0) is 9.53 Å².